The average molecular weight is 345 g/mol. The molecule has 0 fully saturated rings. The van der Waals surface area contributed by atoms with E-state index >= 15 is 0 Å². The van der Waals surface area contributed by atoms with Crippen LogP contribution < -0.4 is 5.56 Å². The number of fused-ring (bicyclic) bond motifs is 1. The third-order valence-corrected chi connectivity index (χ3v) is 4.38. The van der Waals surface area contributed by atoms with Crippen molar-refractivity contribution in [1.29, 1.82) is 0 Å². The van der Waals surface area contributed by atoms with E-state index in [0.717, 1.165) is 11.1 Å². The van der Waals surface area contributed by atoms with Crippen LogP contribution in [-0.4, -0.2) is 24.5 Å². The van der Waals surface area contributed by atoms with Gasteiger partial charge in [0, 0.05) is 0 Å². The van der Waals surface area contributed by atoms with Gasteiger partial charge >= 0.3 is 0 Å². The van der Waals surface area contributed by atoms with E-state index < -0.39 is 0 Å². The summed E-state index contributed by atoms with van der Waals surface area (Å²) >= 11 is 0. The summed E-state index contributed by atoms with van der Waals surface area (Å²) in [4.78, 5) is 17.2. The molecule has 0 aliphatic rings. The Kier molecular flexibility index (Phi) is 4.08. The molecule has 2 aromatic heterocycles. The summed E-state index contributed by atoms with van der Waals surface area (Å²) in [6, 6.07) is 16.3. The highest BCUT2D eigenvalue weighted by Crippen LogP contribution is 2.10. The molecular weight excluding hydrogens is 326 g/mol. The highest BCUT2D eigenvalue weighted by atomic mass is 16.1. The minimum absolute atomic E-state index is 0.175. The SMILES string of the molecule is Cc1ccc(Cn2cnc3c(nnn3Cc3cccc(C)c3)c2=O)cc1. The number of hydrogen-bond donors (Lipinski definition) is 0. The molecule has 2 aromatic carbocycles. The van der Waals surface area contributed by atoms with Gasteiger partial charge in [0.1, 0.15) is 6.33 Å². The average Bonchev–Trinajstić information content (AvgIpc) is 3.03. The second-order valence-corrected chi connectivity index (χ2v) is 6.57. The molecule has 4 rings (SSSR count). The summed E-state index contributed by atoms with van der Waals surface area (Å²) in [6.45, 7) is 5.08. The molecule has 4 aromatic rings. The molecule has 2 heterocycles. The van der Waals surface area contributed by atoms with Crippen molar-refractivity contribution in [1.82, 2.24) is 24.5 Å². The van der Waals surface area contributed by atoms with Crippen LogP contribution >= 0.6 is 0 Å². The van der Waals surface area contributed by atoms with Gasteiger partial charge in [0.15, 0.2) is 11.2 Å². The van der Waals surface area contributed by atoms with Gasteiger partial charge in [-0.15, -0.1) is 5.10 Å². The Bertz CT molecular complexity index is 1130. The summed E-state index contributed by atoms with van der Waals surface area (Å²) in [5, 5.41) is 8.20. The highest BCUT2D eigenvalue weighted by molar-refractivity contribution is 5.67. The van der Waals surface area contributed by atoms with E-state index in [2.05, 4.69) is 21.4 Å². The fourth-order valence-corrected chi connectivity index (χ4v) is 2.98. The fourth-order valence-electron chi connectivity index (χ4n) is 2.98. The van der Waals surface area contributed by atoms with Crippen LogP contribution in [0.15, 0.2) is 59.7 Å². The Hall–Kier alpha value is -3.28. The fraction of sp³-hybridized carbons (Fsp3) is 0.200. The third-order valence-electron chi connectivity index (χ3n) is 4.38. The number of aromatic nitrogens is 5. The van der Waals surface area contributed by atoms with Gasteiger partial charge in [-0.3, -0.25) is 9.36 Å². The first-order valence-corrected chi connectivity index (χ1v) is 8.50. The molecular formula is C20H19N5O. The van der Waals surface area contributed by atoms with Gasteiger partial charge in [-0.2, -0.15) is 0 Å². The lowest BCUT2D eigenvalue weighted by molar-refractivity contribution is 0.662. The Morgan fingerprint density at radius 3 is 2.50 bits per heavy atom. The predicted octanol–water partition coefficient (Wildman–Crippen LogP) is 2.70. The van der Waals surface area contributed by atoms with E-state index in [9.17, 15) is 4.79 Å². The van der Waals surface area contributed by atoms with Crippen LogP contribution in [0, 0.1) is 13.8 Å². The van der Waals surface area contributed by atoms with Crippen LogP contribution in [0.5, 0.6) is 0 Å². The molecule has 26 heavy (non-hydrogen) atoms. The summed E-state index contributed by atoms with van der Waals surface area (Å²) in [5.41, 5.74) is 5.15. The third kappa shape index (κ3) is 3.13. The molecule has 0 spiro atoms. The van der Waals surface area contributed by atoms with Gasteiger partial charge in [-0.1, -0.05) is 64.9 Å². The monoisotopic (exact) mass is 345 g/mol. The molecule has 0 unspecified atom stereocenters. The smallest absolute Gasteiger partial charge is 0.283 e. The van der Waals surface area contributed by atoms with Crippen molar-refractivity contribution < 1.29 is 0 Å². The van der Waals surface area contributed by atoms with Gasteiger partial charge in [0.25, 0.3) is 5.56 Å². The van der Waals surface area contributed by atoms with Crippen LogP contribution in [0.25, 0.3) is 11.2 Å². The number of hydrogen-bond acceptors (Lipinski definition) is 4. The zero-order valence-corrected chi connectivity index (χ0v) is 14.8. The van der Waals surface area contributed by atoms with Crippen molar-refractivity contribution in [3.63, 3.8) is 0 Å². The second-order valence-electron chi connectivity index (χ2n) is 6.57. The van der Waals surface area contributed by atoms with Gasteiger partial charge in [0.05, 0.1) is 13.1 Å². The first-order valence-electron chi connectivity index (χ1n) is 8.50. The molecule has 6 heteroatoms. The minimum Gasteiger partial charge on any atom is -0.293 e. The van der Waals surface area contributed by atoms with Crippen LogP contribution in [0.1, 0.15) is 22.3 Å². The zero-order valence-electron chi connectivity index (χ0n) is 14.8. The first kappa shape index (κ1) is 16.2. The van der Waals surface area contributed by atoms with Crippen LogP contribution in [0.4, 0.5) is 0 Å². The van der Waals surface area contributed by atoms with Crippen molar-refractivity contribution >= 4 is 11.2 Å². The number of benzene rings is 2. The topological polar surface area (TPSA) is 65.6 Å². The van der Waals surface area contributed by atoms with Crippen molar-refractivity contribution in [3.8, 4) is 0 Å². The first-order chi connectivity index (χ1) is 12.6. The molecule has 0 aliphatic carbocycles. The lowest BCUT2D eigenvalue weighted by atomic mass is 10.1. The summed E-state index contributed by atoms with van der Waals surface area (Å²) < 4.78 is 3.24. The number of aryl methyl sites for hydroxylation is 2. The molecule has 0 saturated carbocycles. The lowest BCUT2D eigenvalue weighted by Gasteiger charge is -2.06. The predicted molar refractivity (Wildman–Crippen MR) is 100 cm³/mol. The minimum atomic E-state index is -0.175. The molecule has 0 saturated heterocycles. The van der Waals surface area contributed by atoms with E-state index in [1.54, 1.807) is 15.6 Å². The normalized spacial score (nSPS) is 11.2. The Labute approximate surface area is 150 Å². The van der Waals surface area contributed by atoms with E-state index in [1.165, 1.54) is 11.1 Å². The summed E-state index contributed by atoms with van der Waals surface area (Å²) in [6.07, 6.45) is 1.57. The van der Waals surface area contributed by atoms with Crippen LogP contribution in [0.3, 0.4) is 0 Å². The van der Waals surface area contributed by atoms with Crippen molar-refractivity contribution in [2.24, 2.45) is 0 Å². The van der Waals surface area contributed by atoms with E-state index in [4.69, 9.17) is 0 Å². The Balaban J connectivity index is 1.66. The van der Waals surface area contributed by atoms with Crippen molar-refractivity contribution in [3.05, 3.63) is 87.5 Å². The molecule has 0 atom stereocenters. The summed E-state index contributed by atoms with van der Waals surface area (Å²) in [7, 11) is 0. The second kappa shape index (κ2) is 6.55. The van der Waals surface area contributed by atoms with Gasteiger partial charge in [-0.05, 0) is 25.0 Å². The maximum absolute atomic E-state index is 12.7. The molecule has 0 bridgehead atoms. The van der Waals surface area contributed by atoms with E-state index in [1.807, 2.05) is 56.3 Å². The molecule has 6 nitrogen and oxygen atoms in total. The van der Waals surface area contributed by atoms with Crippen molar-refractivity contribution in [2.45, 2.75) is 26.9 Å². The molecule has 0 aliphatic heterocycles. The van der Waals surface area contributed by atoms with Crippen molar-refractivity contribution in [2.75, 3.05) is 0 Å². The van der Waals surface area contributed by atoms with Crippen LogP contribution in [0.2, 0.25) is 0 Å². The molecule has 0 N–H and O–H groups in total. The molecule has 130 valence electrons. The number of rotatable bonds is 4. The zero-order chi connectivity index (χ0) is 18.1. The summed E-state index contributed by atoms with van der Waals surface area (Å²) in [5.74, 6) is 0. The van der Waals surface area contributed by atoms with Gasteiger partial charge in [0.2, 0.25) is 0 Å². The Morgan fingerprint density at radius 2 is 1.73 bits per heavy atom. The molecule has 0 amide bonds. The largest absolute Gasteiger partial charge is 0.293 e. The van der Waals surface area contributed by atoms with Crippen LogP contribution in [-0.2, 0) is 13.1 Å². The van der Waals surface area contributed by atoms with E-state index in [0.29, 0.717) is 24.3 Å². The number of nitrogens with zero attached hydrogens (tertiary/aromatic N) is 5. The van der Waals surface area contributed by atoms with Gasteiger partial charge in [-0.25, -0.2) is 9.67 Å². The van der Waals surface area contributed by atoms with E-state index in [-0.39, 0.29) is 5.56 Å². The maximum Gasteiger partial charge on any atom is 0.283 e. The lowest BCUT2D eigenvalue weighted by Crippen LogP contribution is -2.21. The standard InChI is InChI=1S/C20H19N5O/c1-14-6-8-16(9-7-14)11-24-13-21-19-18(20(24)26)22-23-25(19)12-17-5-3-4-15(2)10-17/h3-10,13H,11-12H2,1-2H3. The Morgan fingerprint density at radius 1 is 0.923 bits per heavy atom. The quantitative estimate of drug-likeness (QED) is 0.570. The maximum atomic E-state index is 12.7. The molecule has 0 radical (unpaired) electrons. The van der Waals surface area contributed by atoms with Gasteiger partial charge < -0.3 is 0 Å². The highest BCUT2D eigenvalue weighted by Gasteiger charge is 2.12.